The summed E-state index contributed by atoms with van der Waals surface area (Å²) in [6, 6.07) is 3.40. The van der Waals surface area contributed by atoms with E-state index in [9.17, 15) is 9.59 Å². The van der Waals surface area contributed by atoms with Gasteiger partial charge in [0.25, 0.3) is 5.91 Å². The SMILES string of the molecule is CN(C)c1cc(C(=O)NCCCNC(=O)OC(C)(C)C)ccn1. The fraction of sp³-hybridized carbons (Fsp3) is 0.562. The fourth-order valence-corrected chi connectivity index (χ4v) is 1.70. The number of amides is 2. The minimum atomic E-state index is -0.510. The Hall–Kier alpha value is -2.31. The highest BCUT2D eigenvalue weighted by molar-refractivity contribution is 5.94. The van der Waals surface area contributed by atoms with E-state index in [-0.39, 0.29) is 5.91 Å². The first kappa shape index (κ1) is 18.7. The van der Waals surface area contributed by atoms with Gasteiger partial charge in [0.2, 0.25) is 0 Å². The fourth-order valence-electron chi connectivity index (χ4n) is 1.70. The summed E-state index contributed by atoms with van der Waals surface area (Å²) in [7, 11) is 3.73. The first-order valence-electron chi connectivity index (χ1n) is 7.57. The zero-order valence-corrected chi connectivity index (χ0v) is 14.5. The summed E-state index contributed by atoms with van der Waals surface area (Å²) in [5.74, 6) is 0.567. The molecule has 0 saturated heterocycles. The van der Waals surface area contributed by atoms with Crippen molar-refractivity contribution in [2.45, 2.75) is 32.8 Å². The van der Waals surface area contributed by atoms with Crippen molar-refractivity contribution in [1.29, 1.82) is 0 Å². The molecule has 128 valence electrons. The molecule has 7 nitrogen and oxygen atoms in total. The van der Waals surface area contributed by atoms with Crippen LogP contribution in [0.5, 0.6) is 0 Å². The van der Waals surface area contributed by atoms with E-state index < -0.39 is 11.7 Å². The van der Waals surface area contributed by atoms with Crippen LogP contribution in [-0.2, 0) is 4.74 Å². The maximum Gasteiger partial charge on any atom is 0.407 e. The number of hydrogen-bond acceptors (Lipinski definition) is 5. The number of nitrogens with zero attached hydrogens (tertiary/aromatic N) is 2. The molecule has 0 aliphatic rings. The molecule has 0 fully saturated rings. The van der Waals surface area contributed by atoms with Gasteiger partial charge in [0, 0.05) is 38.9 Å². The van der Waals surface area contributed by atoms with E-state index in [1.807, 2.05) is 39.8 Å². The Bertz CT molecular complexity index is 538. The van der Waals surface area contributed by atoms with E-state index in [0.29, 0.717) is 25.1 Å². The number of nitrogens with one attached hydrogen (secondary N) is 2. The highest BCUT2D eigenvalue weighted by atomic mass is 16.6. The molecular weight excluding hydrogens is 296 g/mol. The second-order valence-electron chi connectivity index (χ2n) is 6.34. The number of pyridine rings is 1. The summed E-state index contributed by atoms with van der Waals surface area (Å²) in [5, 5.41) is 5.46. The van der Waals surface area contributed by atoms with Crippen molar-refractivity contribution < 1.29 is 14.3 Å². The standard InChI is InChI=1S/C16H26N4O3/c1-16(2,3)23-15(22)19-9-6-8-18-14(21)12-7-10-17-13(11-12)20(4)5/h7,10-11H,6,8-9H2,1-5H3,(H,18,21)(H,19,22). The normalized spacial score (nSPS) is 10.8. The van der Waals surface area contributed by atoms with Crippen molar-refractivity contribution in [2.75, 3.05) is 32.1 Å². The molecule has 0 atom stereocenters. The first-order valence-corrected chi connectivity index (χ1v) is 7.57. The molecule has 0 unspecified atom stereocenters. The Morgan fingerprint density at radius 3 is 2.48 bits per heavy atom. The Morgan fingerprint density at radius 2 is 1.87 bits per heavy atom. The summed E-state index contributed by atoms with van der Waals surface area (Å²) in [6.07, 6.45) is 1.78. The highest BCUT2D eigenvalue weighted by Gasteiger charge is 2.15. The number of carbonyl (C=O) groups is 2. The van der Waals surface area contributed by atoms with E-state index in [1.54, 1.807) is 18.3 Å². The summed E-state index contributed by atoms with van der Waals surface area (Å²) in [6.45, 7) is 6.33. The van der Waals surface area contributed by atoms with Gasteiger partial charge in [-0.3, -0.25) is 4.79 Å². The Labute approximate surface area is 137 Å². The van der Waals surface area contributed by atoms with Gasteiger partial charge in [-0.2, -0.15) is 0 Å². The molecule has 0 bridgehead atoms. The number of alkyl carbamates (subject to hydrolysis) is 1. The maximum absolute atomic E-state index is 12.0. The van der Waals surface area contributed by atoms with Gasteiger partial charge < -0.3 is 20.3 Å². The monoisotopic (exact) mass is 322 g/mol. The van der Waals surface area contributed by atoms with Crippen LogP contribution in [0.15, 0.2) is 18.3 Å². The molecular formula is C16H26N4O3. The van der Waals surface area contributed by atoms with E-state index in [2.05, 4.69) is 15.6 Å². The second kappa shape index (κ2) is 8.36. The molecule has 0 saturated carbocycles. The van der Waals surface area contributed by atoms with E-state index in [4.69, 9.17) is 4.74 Å². The molecule has 1 aromatic heterocycles. The van der Waals surface area contributed by atoms with E-state index in [0.717, 1.165) is 5.82 Å². The molecule has 1 heterocycles. The Balaban J connectivity index is 2.29. The van der Waals surface area contributed by atoms with Gasteiger partial charge in [0.05, 0.1) is 0 Å². The van der Waals surface area contributed by atoms with Crippen molar-refractivity contribution in [3.63, 3.8) is 0 Å². The van der Waals surface area contributed by atoms with E-state index >= 15 is 0 Å². The Kier molecular flexibility index (Phi) is 6.81. The lowest BCUT2D eigenvalue weighted by atomic mass is 10.2. The largest absolute Gasteiger partial charge is 0.444 e. The Morgan fingerprint density at radius 1 is 1.22 bits per heavy atom. The number of aromatic nitrogens is 1. The lowest BCUT2D eigenvalue weighted by Crippen LogP contribution is -2.34. The first-order chi connectivity index (χ1) is 10.7. The zero-order valence-electron chi connectivity index (χ0n) is 14.5. The second-order valence-corrected chi connectivity index (χ2v) is 6.34. The molecule has 23 heavy (non-hydrogen) atoms. The van der Waals surface area contributed by atoms with Crippen LogP contribution in [0.1, 0.15) is 37.6 Å². The predicted octanol–water partition coefficient (Wildman–Crippen LogP) is 1.79. The van der Waals surface area contributed by atoms with Crippen LogP contribution in [0.2, 0.25) is 0 Å². The average Bonchev–Trinajstić information content (AvgIpc) is 2.45. The number of ether oxygens (including phenoxy) is 1. The highest BCUT2D eigenvalue weighted by Crippen LogP contribution is 2.09. The van der Waals surface area contributed by atoms with Crippen molar-refractivity contribution in [3.8, 4) is 0 Å². The average molecular weight is 322 g/mol. The lowest BCUT2D eigenvalue weighted by molar-refractivity contribution is 0.0527. The predicted molar refractivity (Wildman–Crippen MR) is 89.8 cm³/mol. The van der Waals surface area contributed by atoms with Gasteiger partial charge in [-0.15, -0.1) is 0 Å². The van der Waals surface area contributed by atoms with Gasteiger partial charge in [-0.1, -0.05) is 0 Å². The molecule has 0 aliphatic carbocycles. The minimum absolute atomic E-state index is 0.159. The zero-order chi connectivity index (χ0) is 17.5. The van der Waals surface area contributed by atoms with Gasteiger partial charge in [-0.25, -0.2) is 9.78 Å². The van der Waals surface area contributed by atoms with Crippen LogP contribution in [0.4, 0.5) is 10.6 Å². The third-order valence-corrected chi connectivity index (χ3v) is 2.77. The maximum atomic E-state index is 12.0. The van der Waals surface area contributed by atoms with Gasteiger partial charge >= 0.3 is 6.09 Å². The molecule has 7 heteroatoms. The topological polar surface area (TPSA) is 83.6 Å². The smallest absolute Gasteiger partial charge is 0.407 e. The molecule has 0 aromatic carbocycles. The summed E-state index contributed by atoms with van der Waals surface area (Å²) < 4.78 is 5.12. The molecule has 1 rings (SSSR count). The van der Waals surface area contributed by atoms with Gasteiger partial charge in [0.15, 0.2) is 0 Å². The van der Waals surface area contributed by atoms with Crippen LogP contribution in [0.25, 0.3) is 0 Å². The van der Waals surface area contributed by atoms with Crippen molar-refractivity contribution in [2.24, 2.45) is 0 Å². The van der Waals surface area contributed by atoms with Crippen molar-refractivity contribution in [3.05, 3.63) is 23.9 Å². The number of hydrogen-bond donors (Lipinski definition) is 2. The van der Waals surface area contributed by atoms with Crippen LogP contribution in [0.3, 0.4) is 0 Å². The third kappa shape index (κ3) is 7.49. The van der Waals surface area contributed by atoms with Gasteiger partial charge in [-0.05, 0) is 39.3 Å². The molecule has 0 aliphatic heterocycles. The molecule has 2 N–H and O–H groups in total. The third-order valence-electron chi connectivity index (χ3n) is 2.77. The van der Waals surface area contributed by atoms with Crippen LogP contribution >= 0.6 is 0 Å². The van der Waals surface area contributed by atoms with Crippen molar-refractivity contribution in [1.82, 2.24) is 15.6 Å². The summed E-state index contributed by atoms with van der Waals surface area (Å²) in [4.78, 5) is 29.5. The summed E-state index contributed by atoms with van der Waals surface area (Å²) >= 11 is 0. The van der Waals surface area contributed by atoms with E-state index in [1.165, 1.54) is 0 Å². The van der Waals surface area contributed by atoms with Crippen molar-refractivity contribution >= 4 is 17.8 Å². The number of anilines is 1. The quantitative estimate of drug-likeness (QED) is 0.780. The molecule has 2 amide bonds. The number of carbonyl (C=O) groups excluding carboxylic acids is 2. The van der Waals surface area contributed by atoms with Crippen LogP contribution < -0.4 is 15.5 Å². The molecule has 1 aromatic rings. The minimum Gasteiger partial charge on any atom is -0.444 e. The molecule has 0 spiro atoms. The van der Waals surface area contributed by atoms with Crippen LogP contribution in [-0.4, -0.2) is 49.8 Å². The molecule has 0 radical (unpaired) electrons. The number of rotatable bonds is 6. The summed E-state index contributed by atoms with van der Waals surface area (Å²) in [5.41, 5.74) is 0.0489. The van der Waals surface area contributed by atoms with Crippen LogP contribution in [0, 0.1) is 0 Å². The lowest BCUT2D eigenvalue weighted by Gasteiger charge is -2.19. The van der Waals surface area contributed by atoms with Gasteiger partial charge in [0.1, 0.15) is 11.4 Å².